The van der Waals surface area contributed by atoms with Crippen molar-refractivity contribution < 1.29 is 14.3 Å². The van der Waals surface area contributed by atoms with E-state index in [4.69, 9.17) is 15.2 Å². The second-order valence-electron chi connectivity index (χ2n) is 5.40. The fraction of sp³-hybridized carbons (Fsp3) is 0.278. The zero-order chi connectivity index (χ0) is 17.0. The Bertz CT molecular complexity index is 696. The van der Waals surface area contributed by atoms with Gasteiger partial charge in [-0.3, -0.25) is 4.79 Å². The highest BCUT2D eigenvalue weighted by Crippen LogP contribution is 2.33. The summed E-state index contributed by atoms with van der Waals surface area (Å²) in [5.74, 6) is 0.896. The SMILES string of the molecule is COc1cc(C)c(NC(=O)C(N)c2ccc(C)cc2)cc1OC. The molecule has 5 heteroatoms. The van der Waals surface area contributed by atoms with E-state index in [0.29, 0.717) is 17.2 Å². The van der Waals surface area contributed by atoms with Gasteiger partial charge in [-0.2, -0.15) is 0 Å². The van der Waals surface area contributed by atoms with Crippen molar-refractivity contribution in [2.45, 2.75) is 19.9 Å². The van der Waals surface area contributed by atoms with Crippen LogP contribution in [-0.4, -0.2) is 20.1 Å². The van der Waals surface area contributed by atoms with E-state index in [9.17, 15) is 4.79 Å². The van der Waals surface area contributed by atoms with Crippen molar-refractivity contribution >= 4 is 11.6 Å². The molecule has 0 aliphatic heterocycles. The molecular weight excluding hydrogens is 292 g/mol. The Labute approximate surface area is 136 Å². The van der Waals surface area contributed by atoms with Crippen LogP contribution in [0.15, 0.2) is 36.4 Å². The van der Waals surface area contributed by atoms with Gasteiger partial charge in [0.15, 0.2) is 11.5 Å². The summed E-state index contributed by atoms with van der Waals surface area (Å²) < 4.78 is 10.5. The minimum atomic E-state index is -0.733. The second kappa shape index (κ2) is 7.15. The number of methoxy groups -OCH3 is 2. The van der Waals surface area contributed by atoms with E-state index in [1.807, 2.05) is 44.2 Å². The quantitative estimate of drug-likeness (QED) is 0.890. The molecule has 2 rings (SSSR count). The van der Waals surface area contributed by atoms with Crippen LogP contribution in [0.4, 0.5) is 5.69 Å². The molecule has 1 atom stereocenters. The van der Waals surface area contributed by atoms with Crippen molar-refractivity contribution in [1.82, 2.24) is 0 Å². The summed E-state index contributed by atoms with van der Waals surface area (Å²) in [6.07, 6.45) is 0. The monoisotopic (exact) mass is 314 g/mol. The lowest BCUT2D eigenvalue weighted by molar-refractivity contribution is -0.117. The smallest absolute Gasteiger partial charge is 0.245 e. The Morgan fingerprint density at radius 1 is 1.04 bits per heavy atom. The van der Waals surface area contributed by atoms with Crippen LogP contribution in [-0.2, 0) is 4.79 Å². The van der Waals surface area contributed by atoms with Gasteiger partial charge in [-0.1, -0.05) is 29.8 Å². The summed E-state index contributed by atoms with van der Waals surface area (Å²) in [4.78, 5) is 12.4. The van der Waals surface area contributed by atoms with Crippen LogP contribution in [0.25, 0.3) is 0 Å². The highest BCUT2D eigenvalue weighted by atomic mass is 16.5. The number of carbonyl (C=O) groups is 1. The molecule has 1 amide bonds. The summed E-state index contributed by atoms with van der Waals surface area (Å²) in [5.41, 5.74) is 9.45. The molecule has 23 heavy (non-hydrogen) atoms. The maximum Gasteiger partial charge on any atom is 0.245 e. The maximum atomic E-state index is 12.4. The first-order valence-corrected chi connectivity index (χ1v) is 7.32. The Balaban J connectivity index is 2.21. The van der Waals surface area contributed by atoms with Crippen molar-refractivity contribution in [3.63, 3.8) is 0 Å². The molecule has 0 aliphatic rings. The molecule has 3 N–H and O–H groups in total. The van der Waals surface area contributed by atoms with Crippen molar-refractivity contribution in [2.24, 2.45) is 5.73 Å². The molecular formula is C18H22N2O3. The van der Waals surface area contributed by atoms with Gasteiger partial charge in [0.25, 0.3) is 0 Å². The van der Waals surface area contributed by atoms with Gasteiger partial charge in [0.2, 0.25) is 5.91 Å². The Hall–Kier alpha value is -2.53. The zero-order valence-electron chi connectivity index (χ0n) is 13.8. The number of hydrogen-bond donors (Lipinski definition) is 2. The summed E-state index contributed by atoms with van der Waals surface area (Å²) in [6.45, 7) is 3.87. The number of amides is 1. The third-order valence-electron chi connectivity index (χ3n) is 3.71. The van der Waals surface area contributed by atoms with E-state index in [1.54, 1.807) is 20.3 Å². The van der Waals surface area contributed by atoms with E-state index in [0.717, 1.165) is 16.7 Å². The predicted octanol–water partition coefficient (Wildman–Crippen LogP) is 2.96. The first kappa shape index (κ1) is 16.8. The number of ether oxygens (including phenoxy) is 2. The van der Waals surface area contributed by atoms with Crippen LogP contribution in [0.2, 0.25) is 0 Å². The van der Waals surface area contributed by atoms with Crippen molar-refractivity contribution in [3.05, 3.63) is 53.1 Å². The Morgan fingerprint density at radius 2 is 1.61 bits per heavy atom. The van der Waals surface area contributed by atoms with E-state index < -0.39 is 6.04 Å². The van der Waals surface area contributed by atoms with Crippen LogP contribution in [0.5, 0.6) is 11.5 Å². The van der Waals surface area contributed by atoms with Gasteiger partial charge in [-0.05, 0) is 31.0 Å². The van der Waals surface area contributed by atoms with Crippen LogP contribution in [0.1, 0.15) is 22.7 Å². The normalized spacial score (nSPS) is 11.7. The third-order valence-corrected chi connectivity index (χ3v) is 3.71. The maximum absolute atomic E-state index is 12.4. The van der Waals surface area contributed by atoms with Gasteiger partial charge in [0.05, 0.1) is 14.2 Å². The first-order valence-electron chi connectivity index (χ1n) is 7.32. The van der Waals surface area contributed by atoms with E-state index >= 15 is 0 Å². The molecule has 0 aliphatic carbocycles. The van der Waals surface area contributed by atoms with Crippen molar-refractivity contribution in [1.29, 1.82) is 0 Å². The lowest BCUT2D eigenvalue weighted by Crippen LogP contribution is -2.28. The number of aryl methyl sites for hydroxylation is 2. The number of nitrogens with one attached hydrogen (secondary N) is 1. The zero-order valence-corrected chi connectivity index (χ0v) is 13.8. The minimum Gasteiger partial charge on any atom is -0.493 e. The highest BCUT2D eigenvalue weighted by Gasteiger charge is 2.18. The summed E-state index contributed by atoms with van der Waals surface area (Å²) in [7, 11) is 3.12. The largest absolute Gasteiger partial charge is 0.493 e. The first-order chi connectivity index (χ1) is 11.0. The molecule has 1 unspecified atom stereocenters. The van der Waals surface area contributed by atoms with Crippen LogP contribution in [0, 0.1) is 13.8 Å². The van der Waals surface area contributed by atoms with Gasteiger partial charge in [0.1, 0.15) is 6.04 Å². The van der Waals surface area contributed by atoms with Crippen LogP contribution in [0.3, 0.4) is 0 Å². The Morgan fingerprint density at radius 3 is 2.17 bits per heavy atom. The van der Waals surface area contributed by atoms with Gasteiger partial charge in [0, 0.05) is 11.8 Å². The number of carbonyl (C=O) groups excluding carboxylic acids is 1. The molecule has 0 bridgehead atoms. The molecule has 0 saturated carbocycles. The molecule has 0 heterocycles. The summed E-state index contributed by atoms with van der Waals surface area (Å²) in [5, 5.41) is 2.85. The average Bonchev–Trinajstić information content (AvgIpc) is 2.56. The number of nitrogens with two attached hydrogens (primary N) is 1. The molecule has 0 saturated heterocycles. The number of hydrogen-bond acceptors (Lipinski definition) is 4. The second-order valence-corrected chi connectivity index (χ2v) is 5.40. The Kier molecular flexibility index (Phi) is 5.24. The number of anilines is 1. The lowest BCUT2D eigenvalue weighted by atomic mass is 10.0. The number of rotatable bonds is 5. The van der Waals surface area contributed by atoms with Crippen LogP contribution < -0.4 is 20.5 Å². The van der Waals surface area contributed by atoms with Crippen LogP contribution >= 0.6 is 0 Å². The van der Waals surface area contributed by atoms with Gasteiger partial charge in [-0.25, -0.2) is 0 Å². The fourth-order valence-corrected chi connectivity index (χ4v) is 2.25. The molecule has 0 spiro atoms. The molecule has 122 valence electrons. The summed E-state index contributed by atoms with van der Waals surface area (Å²) >= 11 is 0. The van der Waals surface area contributed by atoms with Crippen molar-refractivity contribution in [2.75, 3.05) is 19.5 Å². The average molecular weight is 314 g/mol. The van der Waals surface area contributed by atoms with Gasteiger partial charge in [-0.15, -0.1) is 0 Å². The molecule has 0 radical (unpaired) electrons. The molecule has 5 nitrogen and oxygen atoms in total. The minimum absolute atomic E-state index is 0.274. The highest BCUT2D eigenvalue weighted by molar-refractivity contribution is 5.96. The molecule has 0 aromatic heterocycles. The summed E-state index contributed by atoms with van der Waals surface area (Å²) in [6, 6.07) is 10.4. The topological polar surface area (TPSA) is 73.6 Å². The van der Waals surface area contributed by atoms with E-state index in [1.165, 1.54) is 0 Å². The fourth-order valence-electron chi connectivity index (χ4n) is 2.25. The third kappa shape index (κ3) is 3.81. The molecule has 2 aromatic carbocycles. The standard InChI is InChI=1S/C18H22N2O3/c1-11-5-7-13(8-6-11)17(19)18(21)20-14-10-16(23-4)15(22-3)9-12(14)2/h5-10,17H,19H2,1-4H3,(H,20,21). The van der Waals surface area contributed by atoms with Gasteiger partial charge < -0.3 is 20.5 Å². The van der Waals surface area contributed by atoms with Crippen molar-refractivity contribution in [3.8, 4) is 11.5 Å². The molecule has 2 aromatic rings. The lowest BCUT2D eigenvalue weighted by Gasteiger charge is -2.16. The number of benzene rings is 2. The predicted molar refractivity (Wildman–Crippen MR) is 91.0 cm³/mol. The molecule has 0 fully saturated rings. The van der Waals surface area contributed by atoms with Gasteiger partial charge >= 0.3 is 0 Å². The van der Waals surface area contributed by atoms with E-state index in [2.05, 4.69) is 5.32 Å². The van der Waals surface area contributed by atoms with E-state index in [-0.39, 0.29) is 5.91 Å².